The number of halogens is 2. The van der Waals surface area contributed by atoms with Crippen LogP contribution in [0.1, 0.15) is 13.8 Å². The Morgan fingerprint density at radius 3 is 2.57 bits per heavy atom. The Kier molecular flexibility index (Phi) is 6.78. The highest BCUT2D eigenvalue weighted by atomic mass is 35.5. The third kappa shape index (κ3) is 7.02. The Hall–Kier alpha value is -0.970. The van der Waals surface area contributed by atoms with Crippen molar-refractivity contribution in [1.82, 2.24) is 5.32 Å². The zero-order valence-electron chi connectivity index (χ0n) is 12.9. The van der Waals surface area contributed by atoms with Crippen LogP contribution in [-0.2, 0) is 4.79 Å². The lowest BCUT2D eigenvalue weighted by Crippen LogP contribution is -3.07. The van der Waals surface area contributed by atoms with Gasteiger partial charge < -0.3 is 15.0 Å². The summed E-state index contributed by atoms with van der Waals surface area (Å²) >= 11 is 11.8. The Labute approximate surface area is 136 Å². The number of rotatable bonds is 7. The predicted octanol–water partition coefficient (Wildman–Crippen LogP) is 1.66. The van der Waals surface area contributed by atoms with Gasteiger partial charge in [0.1, 0.15) is 5.75 Å². The van der Waals surface area contributed by atoms with Gasteiger partial charge in [0.2, 0.25) is 0 Å². The Bertz CT molecular complexity index is 491. The molecule has 6 heteroatoms. The minimum absolute atomic E-state index is 0.0341. The smallest absolute Gasteiger partial charge is 0.257 e. The number of benzene rings is 1. The molecule has 0 aromatic heterocycles. The number of hydrogen-bond donors (Lipinski definition) is 2. The average molecular weight is 334 g/mol. The van der Waals surface area contributed by atoms with E-state index in [1.54, 1.807) is 18.2 Å². The highest BCUT2D eigenvalue weighted by Gasteiger charge is 2.22. The molecule has 21 heavy (non-hydrogen) atoms. The first kappa shape index (κ1) is 18.1. The molecule has 0 spiro atoms. The number of nitrogens with one attached hydrogen (secondary N) is 2. The Morgan fingerprint density at radius 2 is 2.00 bits per heavy atom. The van der Waals surface area contributed by atoms with Gasteiger partial charge >= 0.3 is 0 Å². The van der Waals surface area contributed by atoms with E-state index in [0.717, 1.165) is 6.54 Å². The molecule has 1 aromatic rings. The maximum Gasteiger partial charge on any atom is 0.257 e. The highest BCUT2D eigenvalue weighted by Crippen LogP contribution is 2.27. The molecule has 0 unspecified atom stereocenters. The third-order valence-corrected chi connectivity index (χ3v) is 3.38. The van der Waals surface area contributed by atoms with E-state index in [0.29, 0.717) is 22.3 Å². The van der Waals surface area contributed by atoms with Crippen LogP contribution in [0.4, 0.5) is 0 Å². The van der Waals surface area contributed by atoms with E-state index >= 15 is 0 Å². The van der Waals surface area contributed by atoms with E-state index in [2.05, 4.69) is 33.3 Å². The molecule has 1 aromatic carbocycles. The van der Waals surface area contributed by atoms with Crippen molar-refractivity contribution in [1.29, 1.82) is 0 Å². The van der Waals surface area contributed by atoms with Crippen LogP contribution < -0.4 is 15.0 Å². The van der Waals surface area contributed by atoms with Crippen molar-refractivity contribution in [2.24, 2.45) is 5.41 Å². The van der Waals surface area contributed by atoms with Crippen LogP contribution in [0.25, 0.3) is 0 Å². The van der Waals surface area contributed by atoms with Crippen molar-refractivity contribution in [2.75, 3.05) is 33.8 Å². The van der Waals surface area contributed by atoms with Crippen LogP contribution in [-0.4, -0.2) is 39.7 Å². The molecule has 0 fully saturated rings. The molecule has 0 saturated heterocycles. The first-order valence-corrected chi connectivity index (χ1v) is 7.59. The lowest BCUT2D eigenvalue weighted by molar-refractivity contribution is -0.865. The normalized spacial score (nSPS) is 11.6. The van der Waals surface area contributed by atoms with Crippen LogP contribution in [0.5, 0.6) is 5.75 Å². The minimum atomic E-state index is -0.164. The molecular weight excluding hydrogens is 311 g/mol. The monoisotopic (exact) mass is 333 g/mol. The molecule has 2 N–H and O–H groups in total. The van der Waals surface area contributed by atoms with Gasteiger partial charge in [-0.2, -0.15) is 0 Å². The summed E-state index contributed by atoms with van der Waals surface area (Å²) in [5, 5.41) is 3.81. The number of quaternary nitrogens is 1. The SMILES string of the molecule is C[NH+](C)CC(C)(C)CNC(=O)COc1ccc(Cl)cc1Cl. The lowest BCUT2D eigenvalue weighted by atomic mass is 9.93. The van der Waals surface area contributed by atoms with Crippen LogP contribution >= 0.6 is 23.2 Å². The summed E-state index contributed by atoms with van der Waals surface area (Å²) < 4.78 is 5.39. The van der Waals surface area contributed by atoms with Gasteiger partial charge in [-0.1, -0.05) is 37.0 Å². The molecule has 0 aliphatic carbocycles. The zero-order valence-corrected chi connectivity index (χ0v) is 14.4. The summed E-state index contributed by atoms with van der Waals surface area (Å²) in [6, 6.07) is 4.90. The number of carbonyl (C=O) groups excluding carboxylic acids is 1. The standard InChI is InChI=1S/C15H22Cl2N2O2/c1-15(2,10-19(3)4)9-18-14(20)8-21-13-6-5-11(16)7-12(13)17/h5-7H,8-10H2,1-4H3,(H,18,20)/p+1. The lowest BCUT2D eigenvalue weighted by Gasteiger charge is -2.26. The quantitative estimate of drug-likeness (QED) is 0.796. The average Bonchev–Trinajstić information content (AvgIpc) is 2.34. The molecule has 0 bridgehead atoms. The van der Waals surface area contributed by atoms with Gasteiger partial charge in [0, 0.05) is 17.0 Å². The fraction of sp³-hybridized carbons (Fsp3) is 0.533. The molecule has 0 aliphatic heterocycles. The third-order valence-electron chi connectivity index (χ3n) is 2.85. The maximum atomic E-state index is 11.8. The van der Waals surface area contributed by atoms with E-state index in [4.69, 9.17) is 27.9 Å². The molecule has 4 nitrogen and oxygen atoms in total. The number of hydrogen-bond acceptors (Lipinski definition) is 2. The molecule has 0 radical (unpaired) electrons. The van der Waals surface area contributed by atoms with Crippen LogP contribution in [0.3, 0.4) is 0 Å². The first-order chi connectivity index (χ1) is 9.69. The summed E-state index contributed by atoms with van der Waals surface area (Å²) in [7, 11) is 4.18. The number of amides is 1. The first-order valence-electron chi connectivity index (χ1n) is 6.83. The molecule has 0 heterocycles. The second-order valence-electron chi connectivity index (χ2n) is 6.19. The fourth-order valence-corrected chi connectivity index (χ4v) is 2.61. The van der Waals surface area contributed by atoms with Crippen molar-refractivity contribution >= 4 is 29.1 Å². The number of ether oxygens (including phenoxy) is 1. The summed E-state index contributed by atoms with van der Waals surface area (Å²) in [6.07, 6.45) is 0. The summed E-state index contributed by atoms with van der Waals surface area (Å²) in [5.41, 5.74) is 0.0341. The van der Waals surface area contributed by atoms with Crippen LogP contribution in [0.15, 0.2) is 18.2 Å². The highest BCUT2D eigenvalue weighted by molar-refractivity contribution is 6.35. The topological polar surface area (TPSA) is 42.8 Å². The molecule has 0 aliphatic rings. The second-order valence-corrected chi connectivity index (χ2v) is 7.03. The largest absolute Gasteiger partial charge is 0.482 e. The molecule has 118 valence electrons. The molecular formula is C15H23Cl2N2O2+. The molecule has 1 amide bonds. The van der Waals surface area contributed by atoms with Crippen molar-refractivity contribution in [2.45, 2.75) is 13.8 Å². The van der Waals surface area contributed by atoms with Crippen LogP contribution in [0.2, 0.25) is 10.0 Å². The molecule has 0 atom stereocenters. The zero-order chi connectivity index (χ0) is 16.0. The predicted molar refractivity (Wildman–Crippen MR) is 86.4 cm³/mol. The van der Waals surface area contributed by atoms with E-state index in [-0.39, 0.29) is 17.9 Å². The van der Waals surface area contributed by atoms with Crippen molar-refractivity contribution in [3.63, 3.8) is 0 Å². The van der Waals surface area contributed by atoms with E-state index in [1.165, 1.54) is 4.90 Å². The van der Waals surface area contributed by atoms with Gasteiger partial charge in [0.25, 0.3) is 5.91 Å². The summed E-state index contributed by atoms with van der Waals surface area (Å²) in [5.74, 6) is 0.288. The number of carbonyl (C=O) groups is 1. The van der Waals surface area contributed by atoms with Gasteiger partial charge in [-0.15, -0.1) is 0 Å². The van der Waals surface area contributed by atoms with E-state index in [1.807, 2.05) is 0 Å². The van der Waals surface area contributed by atoms with E-state index < -0.39 is 0 Å². The summed E-state index contributed by atoms with van der Waals surface area (Å²) in [4.78, 5) is 13.2. The fourth-order valence-electron chi connectivity index (χ4n) is 2.14. The minimum Gasteiger partial charge on any atom is -0.482 e. The Morgan fingerprint density at radius 1 is 1.33 bits per heavy atom. The van der Waals surface area contributed by atoms with Crippen molar-refractivity contribution < 1.29 is 14.4 Å². The van der Waals surface area contributed by atoms with Crippen LogP contribution in [0, 0.1) is 5.41 Å². The van der Waals surface area contributed by atoms with Gasteiger partial charge in [0.15, 0.2) is 6.61 Å². The van der Waals surface area contributed by atoms with Gasteiger partial charge in [-0.05, 0) is 18.2 Å². The Balaban J connectivity index is 2.41. The van der Waals surface area contributed by atoms with E-state index in [9.17, 15) is 4.79 Å². The maximum absolute atomic E-state index is 11.8. The van der Waals surface area contributed by atoms with Gasteiger partial charge in [0.05, 0.1) is 25.7 Å². The second kappa shape index (κ2) is 7.87. The van der Waals surface area contributed by atoms with Gasteiger partial charge in [-0.3, -0.25) is 4.79 Å². The molecule has 1 rings (SSSR count). The van der Waals surface area contributed by atoms with Crippen molar-refractivity contribution in [3.05, 3.63) is 28.2 Å². The van der Waals surface area contributed by atoms with Crippen molar-refractivity contribution in [3.8, 4) is 5.75 Å². The molecule has 0 saturated carbocycles. The van der Waals surface area contributed by atoms with Gasteiger partial charge in [-0.25, -0.2) is 0 Å². The summed E-state index contributed by atoms with van der Waals surface area (Å²) in [6.45, 7) is 5.76.